The predicted molar refractivity (Wildman–Crippen MR) is 99.6 cm³/mol. The van der Waals surface area contributed by atoms with E-state index >= 15 is 0 Å². The van der Waals surface area contributed by atoms with Gasteiger partial charge in [-0.15, -0.1) is 0 Å². The van der Waals surface area contributed by atoms with Crippen molar-refractivity contribution < 1.29 is 9.18 Å². The number of halogens is 1. The van der Waals surface area contributed by atoms with Gasteiger partial charge in [0.2, 0.25) is 0 Å². The summed E-state index contributed by atoms with van der Waals surface area (Å²) in [6, 6.07) is 19.9. The molecule has 0 bridgehead atoms. The number of amides is 1. The third-order valence-corrected chi connectivity index (χ3v) is 4.19. The zero-order chi connectivity index (χ0) is 17.9. The molecule has 4 nitrogen and oxygen atoms in total. The van der Waals surface area contributed by atoms with Crippen LogP contribution in [0.4, 0.5) is 10.1 Å². The van der Waals surface area contributed by atoms with E-state index in [1.807, 2.05) is 18.2 Å². The lowest BCUT2D eigenvalue weighted by atomic mass is 10.0. The number of carbonyl (C=O) groups is 1. The number of rotatable bonds is 4. The van der Waals surface area contributed by atoms with Crippen LogP contribution in [0.2, 0.25) is 0 Å². The topological polar surface area (TPSA) is 46.9 Å². The van der Waals surface area contributed by atoms with Crippen LogP contribution in [0.25, 0.3) is 10.8 Å². The van der Waals surface area contributed by atoms with E-state index in [-0.39, 0.29) is 11.5 Å². The molecule has 0 aliphatic carbocycles. The van der Waals surface area contributed by atoms with Crippen molar-refractivity contribution >= 4 is 22.4 Å². The summed E-state index contributed by atoms with van der Waals surface area (Å²) < 4.78 is 15.0. The van der Waals surface area contributed by atoms with Gasteiger partial charge in [-0.25, -0.2) is 4.39 Å². The van der Waals surface area contributed by atoms with Crippen LogP contribution in [0.3, 0.4) is 0 Å². The van der Waals surface area contributed by atoms with Gasteiger partial charge >= 0.3 is 0 Å². The highest BCUT2D eigenvalue weighted by Crippen LogP contribution is 2.20. The van der Waals surface area contributed by atoms with Crippen LogP contribution < -0.4 is 5.32 Å². The van der Waals surface area contributed by atoms with E-state index < -0.39 is 5.82 Å². The SMILES string of the molecule is O=C(Nc1cnn(Cc2cccc3ccccc23)c1)c1cccc(F)c1. The highest BCUT2D eigenvalue weighted by molar-refractivity contribution is 6.04. The lowest BCUT2D eigenvalue weighted by Crippen LogP contribution is -2.11. The summed E-state index contributed by atoms with van der Waals surface area (Å²) >= 11 is 0. The second kappa shape index (κ2) is 6.80. The molecule has 5 heteroatoms. The van der Waals surface area contributed by atoms with Gasteiger partial charge in [0.1, 0.15) is 5.82 Å². The van der Waals surface area contributed by atoms with Crippen molar-refractivity contribution in [3.8, 4) is 0 Å². The highest BCUT2D eigenvalue weighted by Gasteiger charge is 2.09. The van der Waals surface area contributed by atoms with Gasteiger partial charge in [-0.2, -0.15) is 5.10 Å². The van der Waals surface area contributed by atoms with E-state index in [0.717, 1.165) is 5.56 Å². The Hall–Kier alpha value is -3.47. The van der Waals surface area contributed by atoms with Crippen LogP contribution in [0.5, 0.6) is 0 Å². The summed E-state index contributed by atoms with van der Waals surface area (Å²) in [6.07, 6.45) is 3.35. The van der Waals surface area contributed by atoms with Crippen molar-refractivity contribution in [2.45, 2.75) is 6.54 Å². The van der Waals surface area contributed by atoms with E-state index in [1.165, 1.54) is 29.0 Å². The van der Waals surface area contributed by atoms with Crippen LogP contribution in [0.1, 0.15) is 15.9 Å². The van der Waals surface area contributed by atoms with Crippen molar-refractivity contribution in [2.75, 3.05) is 5.32 Å². The van der Waals surface area contributed by atoms with Crippen LogP contribution >= 0.6 is 0 Å². The van der Waals surface area contributed by atoms with Gasteiger partial charge in [-0.05, 0) is 34.5 Å². The summed E-state index contributed by atoms with van der Waals surface area (Å²) in [6.45, 7) is 0.594. The first-order chi connectivity index (χ1) is 12.7. The molecule has 1 aromatic heterocycles. The number of fused-ring (bicyclic) bond motifs is 1. The molecule has 3 aromatic carbocycles. The summed E-state index contributed by atoms with van der Waals surface area (Å²) in [5.41, 5.74) is 1.99. The smallest absolute Gasteiger partial charge is 0.255 e. The fourth-order valence-electron chi connectivity index (χ4n) is 2.95. The van der Waals surface area contributed by atoms with Crippen molar-refractivity contribution in [2.24, 2.45) is 0 Å². The van der Waals surface area contributed by atoms with Gasteiger partial charge in [0.15, 0.2) is 0 Å². The van der Waals surface area contributed by atoms with Crippen molar-refractivity contribution in [1.29, 1.82) is 0 Å². The average Bonchev–Trinajstić information content (AvgIpc) is 3.09. The predicted octanol–water partition coefficient (Wildman–Crippen LogP) is 4.48. The summed E-state index contributed by atoms with van der Waals surface area (Å²) in [7, 11) is 0. The number of hydrogen-bond acceptors (Lipinski definition) is 2. The molecule has 0 unspecified atom stereocenters. The van der Waals surface area contributed by atoms with Gasteiger partial charge in [-0.1, -0.05) is 48.5 Å². The minimum atomic E-state index is -0.440. The largest absolute Gasteiger partial charge is 0.319 e. The minimum Gasteiger partial charge on any atom is -0.319 e. The Balaban J connectivity index is 1.52. The molecule has 128 valence electrons. The molecule has 1 amide bonds. The zero-order valence-electron chi connectivity index (χ0n) is 13.9. The first-order valence-electron chi connectivity index (χ1n) is 8.25. The van der Waals surface area contributed by atoms with Gasteiger partial charge in [0.05, 0.1) is 18.4 Å². The Labute approximate surface area is 149 Å². The molecule has 0 saturated carbocycles. The molecular formula is C21H16FN3O. The minimum absolute atomic E-state index is 0.270. The Kier molecular flexibility index (Phi) is 4.19. The van der Waals surface area contributed by atoms with Crippen LogP contribution in [0.15, 0.2) is 79.1 Å². The molecule has 0 saturated heterocycles. The number of anilines is 1. The highest BCUT2D eigenvalue weighted by atomic mass is 19.1. The standard InChI is InChI=1S/C21H16FN3O/c22-18-9-4-7-16(11-18)21(26)24-19-12-23-25(14-19)13-17-8-3-6-15-5-1-2-10-20(15)17/h1-12,14H,13H2,(H,24,26). The molecular weight excluding hydrogens is 329 g/mol. The quantitative estimate of drug-likeness (QED) is 0.593. The van der Waals surface area contributed by atoms with Crippen LogP contribution in [-0.4, -0.2) is 15.7 Å². The molecule has 0 radical (unpaired) electrons. The Morgan fingerprint density at radius 2 is 1.85 bits per heavy atom. The molecule has 4 rings (SSSR count). The van der Waals surface area contributed by atoms with E-state index in [2.05, 4.69) is 34.7 Å². The number of nitrogens with zero attached hydrogens (tertiary/aromatic N) is 2. The fourth-order valence-corrected chi connectivity index (χ4v) is 2.95. The molecule has 0 aliphatic rings. The maximum atomic E-state index is 13.2. The Bertz CT molecular complexity index is 1080. The third-order valence-electron chi connectivity index (χ3n) is 4.19. The Morgan fingerprint density at radius 1 is 1.04 bits per heavy atom. The summed E-state index contributed by atoms with van der Waals surface area (Å²) in [5, 5.41) is 9.40. The second-order valence-electron chi connectivity index (χ2n) is 6.03. The number of aromatic nitrogens is 2. The normalized spacial score (nSPS) is 10.8. The van der Waals surface area contributed by atoms with E-state index in [9.17, 15) is 9.18 Å². The molecule has 0 aliphatic heterocycles. The summed E-state index contributed by atoms with van der Waals surface area (Å²) in [4.78, 5) is 12.2. The molecule has 0 spiro atoms. The first-order valence-corrected chi connectivity index (χ1v) is 8.25. The third kappa shape index (κ3) is 3.32. The molecule has 1 N–H and O–H groups in total. The van der Waals surface area contributed by atoms with E-state index in [0.29, 0.717) is 12.2 Å². The summed E-state index contributed by atoms with van der Waals surface area (Å²) in [5.74, 6) is -0.807. The lowest BCUT2D eigenvalue weighted by Gasteiger charge is -2.06. The van der Waals surface area contributed by atoms with Gasteiger partial charge in [0.25, 0.3) is 5.91 Å². The maximum Gasteiger partial charge on any atom is 0.255 e. The molecule has 0 fully saturated rings. The number of hydrogen-bond donors (Lipinski definition) is 1. The lowest BCUT2D eigenvalue weighted by molar-refractivity contribution is 0.102. The van der Waals surface area contributed by atoms with Crippen molar-refractivity contribution in [3.05, 3.63) is 96.1 Å². The van der Waals surface area contributed by atoms with Gasteiger partial charge in [0, 0.05) is 11.8 Å². The first kappa shape index (κ1) is 16.0. The van der Waals surface area contributed by atoms with Crippen molar-refractivity contribution in [1.82, 2.24) is 9.78 Å². The van der Waals surface area contributed by atoms with Gasteiger partial charge < -0.3 is 5.32 Å². The molecule has 4 aromatic rings. The number of carbonyl (C=O) groups excluding carboxylic acids is 1. The van der Waals surface area contributed by atoms with Crippen LogP contribution in [-0.2, 0) is 6.54 Å². The van der Waals surface area contributed by atoms with Crippen molar-refractivity contribution in [3.63, 3.8) is 0 Å². The fraction of sp³-hybridized carbons (Fsp3) is 0.0476. The van der Waals surface area contributed by atoms with Gasteiger partial charge in [-0.3, -0.25) is 9.48 Å². The average molecular weight is 345 g/mol. The van der Waals surface area contributed by atoms with Crippen LogP contribution in [0, 0.1) is 5.82 Å². The molecule has 1 heterocycles. The Morgan fingerprint density at radius 3 is 2.73 bits per heavy atom. The molecule has 0 atom stereocenters. The molecule has 26 heavy (non-hydrogen) atoms. The second-order valence-corrected chi connectivity index (χ2v) is 6.03. The number of benzene rings is 3. The maximum absolute atomic E-state index is 13.2. The monoisotopic (exact) mass is 345 g/mol. The number of nitrogens with one attached hydrogen (secondary N) is 1. The van der Waals surface area contributed by atoms with E-state index in [4.69, 9.17) is 0 Å². The zero-order valence-corrected chi connectivity index (χ0v) is 13.9. The van der Waals surface area contributed by atoms with E-state index in [1.54, 1.807) is 23.1 Å².